The first-order valence-electron chi connectivity index (χ1n) is 10.7. The number of hydrogen-bond acceptors (Lipinski definition) is 3. The number of fused-ring (bicyclic) bond motifs is 1. The number of aromatic nitrogens is 2. The molecule has 1 aromatic carbocycles. The zero-order chi connectivity index (χ0) is 19.7. The van der Waals surface area contributed by atoms with Crippen LogP contribution in [0, 0.1) is 5.41 Å². The number of guanidine groups is 1. The van der Waals surface area contributed by atoms with Crippen LogP contribution in [-0.2, 0) is 11.2 Å². The lowest BCUT2D eigenvalue weighted by molar-refractivity contribution is 0.141. The molecule has 0 spiro atoms. The second-order valence-electron chi connectivity index (χ2n) is 7.88. The topological polar surface area (TPSA) is 74.3 Å². The van der Waals surface area contributed by atoms with Crippen molar-refractivity contribution in [1.29, 1.82) is 0 Å². The lowest BCUT2D eigenvalue weighted by atomic mass is 9.83. The molecule has 0 radical (unpaired) electrons. The Morgan fingerprint density at radius 1 is 1.25 bits per heavy atom. The van der Waals surface area contributed by atoms with E-state index in [2.05, 4.69) is 33.6 Å². The van der Waals surface area contributed by atoms with Gasteiger partial charge in [0.1, 0.15) is 5.82 Å². The van der Waals surface area contributed by atoms with Crippen molar-refractivity contribution >= 4 is 17.0 Å². The van der Waals surface area contributed by atoms with E-state index in [-0.39, 0.29) is 0 Å². The number of aromatic amines is 1. The fourth-order valence-corrected chi connectivity index (χ4v) is 4.11. The zero-order valence-corrected chi connectivity index (χ0v) is 17.4. The summed E-state index contributed by atoms with van der Waals surface area (Å²) in [6.45, 7) is 5.59. The van der Waals surface area contributed by atoms with Gasteiger partial charge in [-0.1, -0.05) is 25.0 Å². The van der Waals surface area contributed by atoms with Crippen molar-refractivity contribution in [2.75, 3.05) is 33.4 Å². The van der Waals surface area contributed by atoms with Crippen LogP contribution in [0.4, 0.5) is 0 Å². The fourth-order valence-electron chi connectivity index (χ4n) is 4.11. The van der Waals surface area contributed by atoms with Crippen molar-refractivity contribution in [3.63, 3.8) is 0 Å². The minimum atomic E-state index is 0.326. The smallest absolute Gasteiger partial charge is 0.191 e. The summed E-state index contributed by atoms with van der Waals surface area (Å²) in [7, 11) is 1.79. The van der Waals surface area contributed by atoms with E-state index >= 15 is 0 Å². The molecule has 0 aliphatic heterocycles. The van der Waals surface area contributed by atoms with E-state index in [4.69, 9.17) is 9.73 Å². The molecule has 1 aliphatic carbocycles. The van der Waals surface area contributed by atoms with Gasteiger partial charge >= 0.3 is 0 Å². The second-order valence-corrected chi connectivity index (χ2v) is 7.88. The predicted octanol–water partition coefficient (Wildman–Crippen LogP) is 3.65. The van der Waals surface area contributed by atoms with Gasteiger partial charge in [-0.05, 0) is 50.2 Å². The average molecular weight is 386 g/mol. The Labute approximate surface area is 168 Å². The Kier molecular flexibility index (Phi) is 7.71. The molecule has 1 fully saturated rings. The lowest BCUT2D eigenvalue weighted by Crippen LogP contribution is -2.39. The highest BCUT2D eigenvalue weighted by Gasteiger charge is 2.33. The molecule has 0 bridgehead atoms. The molecular formula is C22H35N5O. The third-order valence-electron chi connectivity index (χ3n) is 5.74. The molecule has 1 saturated carbocycles. The summed E-state index contributed by atoms with van der Waals surface area (Å²) in [5.74, 6) is 1.98. The number of aliphatic imine (C=N–C) groups is 1. The Morgan fingerprint density at radius 3 is 2.82 bits per heavy atom. The summed E-state index contributed by atoms with van der Waals surface area (Å²) in [4.78, 5) is 13.0. The summed E-state index contributed by atoms with van der Waals surface area (Å²) in [6.07, 6.45) is 8.23. The van der Waals surface area contributed by atoms with Crippen molar-refractivity contribution in [3.05, 3.63) is 30.1 Å². The minimum Gasteiger partial charge on any atom is -0.385 e. The van der Waals surface area contributed by atoms with Crippen molar-refractivity contribution < 1.29 is 4.74 Å². The van der Waals surface area contributed by atoms with Crippen LogP contribution in [0.1, 0.15) is 51.3 Å². The maximum absolute atomic E-state index is 5.34. The van der Waals surface area contributed by atoms with Crippen LogP contribution in [0.5, 0.6) is 0 Å². The van der Waals surface area contributed by atoms with Gasteiger partial charge in [0.25, 0.3) is 0 Å². The number of nitrogens with zero attached hydrogens (tertiary/aromatic N) is 2. The maximum atomic E-state index is 5.34. The van der Waals surface area contributed by atoms with Gasteiger partial charge in [0, 0.05) is 39.8 Å². The normalized spacial score (nSPS) is 16.6. The highest BCUT2D eigenvalue weighted by Crippen LogP contribution is 2.41. The molecule has 0 unspecified atom stereocenters. The first-order chi connectivity index (χ1) is 13.7. The largest absolute Gasteiger partial charge is 0.385 e. The van der Waals surface area contributed by atoms with E-state index < -0.39 is 0 Å². The van der Waals surface area contributed by atoms with Crippen LogP contribution < -0.4 is 10.6 Å². The van der Waals surface area contributed by atoms with Crippen LogP contribution in [-0.4, -0.2) is 49.3 Å². The molecule has 3 rings (SSSR count). The molecule has 0 atom stereocenters. The van der Waals surface area contributed by atoms with Crippen LogP contribution in [0.2, 0.25) is 0 Å². The van der Waals surface area contributed by atoms with Gasteiger partial charge in [0.2, 0.25) is 0 Å². The summed E-state index contributed by atoms with van der Waals surface area (Å²) >= 11 is 0. The predicted molar refractivity (Wildman–Crippen MR) is 116 cm³/mol. The Morgan fingerprint density at radius 2 is 2.07 bits per heavy atom. The number of benzene rings is 1. The third-order valence-corrected chi connectivity index (χ3v) is 5.74. The summed E-state index contributed by atoms with van der Waals surface area (Å²) in [5, 5.41) is 6.87. The number of methoxy groups -OCH3 is 1. The minimum absolute atomic E-state index is 0.326. The monoisotopic (exact) mass is 385 g/mol. The summed E-state index contributed by atoms with van der Waals surface area (Å²) in [5.41, 5.74) is 2.48. The SMILES string of the molecule is CCNC(=NCC1(CCOC)CCCC1)NCCCc1nc2ccccc2[nH]1. The van der Waals surface area contributed by atoms with Gasteiger partial charge < -0.3 is 20.4 Å². The number of ether oxygens (including phenoxy) is 1. The van der Waals surface area contributed by atoms with Crippen molar-refractivity contribution in [1.82, 2.24) is 20.6 Å². The van der Waals surface area contributed by atoms with Crippen LogP contribution in [0.25, 0.3) is 11.0 Å². The standard InChI is InChI=1S/C22H35N5O/c1-3-23-21(25-17-22(14-16-28-2)12-6-7-13-22)24-15-8-11-20-26-18-9-4-5-10-19(18)27-20/h4-5,9-10H,3,6-8,11-17H2,1-2H3,(H,26,27)(H2,23,24,25). The number of para-hydroxylation sites is 2. The number of hydrogen-bond donors (Lipinski definition) is 3. The van der Waals surface area contributed by atoms with Gasteiger partial charge in [-0.3, -0.25) is 4.99 Å². The molecule has 1 aromatic heterocycles. The van der Waals surface area contributed by atoms with Crippen LogP contribution >= 0.6 is 0 Å². The fraction of sp³-hybridized carbons (Fsp3) is 0.636. The Hall–Kier alpha value is -2.08. The van der Waals surface area contributed by atoms with E-state index in [9.17, 15) is 0 Å². The summed E-state index contributed by atoms with van der Waals surface area (Å²) in [6, 6.07) is 8.18. The van der Waals surface area contributed by atoms with E-state index in [1.165, 1.54) is 25.7 Å². The molecule has 154 valence electrons. The highest BCUT2D eigenvalue weighted by atomic mass is 16.5. The lowest BCUT2D eigenvalue weighted by Gasteiger charge is -2.27. The van der Waals surface area contributed by atoms with Gasteiger partial charge in [-0.15, -0.1) is 0 Å². The van der Waals surface area contributed by atoms with Gasteiger partial charge in [-0.25, -0.2) is 4.98 Å². The Balaban J connectivity index is 1.48. The molecule has 2 aromatic rings. The first-order valence-corrected chi connectivity index (χ1v) is 10.7. The van der Waals surface area contributed by atoms with Crippen molar-refractivity contribution in [2.24, 2.45) is 10.4 Å². The van der Waals surface area contributed by atoms with Gasteiger partial charge in [0.05, 0.1) is 11.0 Å². The number of rotatable bonds is 10. The van der Waals surface area contributed by atoms with E-state index in [1.807, 2.05) is 18.2 Å². The molecule has 0 saturated heterocycles. The third kappa shape index (κ3) is 5.71. The zero-order valence-electron chi connectivity index (χ0n) is 17.4. The summed E-state index contributed by atoms with van der Waals surface area (Å²) < 4.78 is 5.34. The van der Waals surface area contributed by atoms with Gasteiger partial charge in [0.15, 0.2) is 5.96 Å². The molecule has 6 nitrogen and oxygen atoms in total. The highest BCUT2D eigenvalue weighted by molar-refractivity contribution is 5.79. The van der Waals surface area contributed by atoms with Crippen molar-refractivity contribution in [2.45, 2.75) is 51.9 Å². The van der Waals surface area contributed by atoms with Crippen LogP contribution in [0.3, 0.4) is 0 Å². The number of nitrogens with one attached hydrogen (secondary N) is 3. The van der Waals surface area contributed by atoms with E-state index in [0.29, 0.717) is 5.41 Å². The first kappa shape index (κ1) is 20.6. The maximum Gasteiger partial charge on any atom is 0.191 e. The van der Waals surface area contributed by atoms with Crippen molar-refractivity contribution in [3.8, 4) is 0 Å². The molecular weight excluding hydrogens is 350 g/mol. The number of imidazole rings is 1. The number of H-pyrrole nitrogens is 1. The van der Waals surface area contributed by atoms with E-state index in [0.717, 1.165) is 68.3 Å². The molecule has 1 aliphatic rings. The second kappa shape index (κ2) is 10.5. The number of aryl methyl sites for hydroxylation is 1. The van der Waals surface area contributed by atoms with E-state index in [1.54, 1.807) is 7.11 Å². The molecule has 0 amide bonds. The average Bonchev–Trinajstić information content (AvgIpc) is 3.34. The van der Waals surface area contributed by atoms with Gasteiger partial charge in [-0.2, -0.15) is 0 Å². The quantitative estimate of drug-likeness (QED) is 0.332. The van der Waals surface area contributed by atoms with Crippen LogP contribution in [0.15, 0.2) is 29.3 Å². The Bertz CT molecular complexity index is 715. The molecule has 3 N–H and O–H groups in total. The molecule has 1 heterocycles. The molecule has 6 heteroatoms. The molecule has 28 heavy (non-hydrogen) atoms.